The lowest BCUT2D eigenvalue weighted by molar-refractivity contribution is -0.193. The van der Waals surface area contributed by atoms with Gasteiger partial charge in [-0.3, -0.25) is 4.98 Å². The number of para-hydroxylation sites is 2. The van der Waals surface area contributed by atoms with Crippen molar-refractivity contribution in [3.63, 3.8) is 0 Å². The Morgan fingerprint density at radius 3 is 1.77 bits per heavy atom. The molecule has 288 valence electrons. The fraction of sp³-hybridized carbons (Fsp3) is 0.290. The number of aromatic nitrogens is 3. The first-order chi connectivity index (χ1) is 24.5. The SMILES string of the molecule is CN(C)CCNc1nc(C2COc3ccccc3O2)nc2ccc(-c3ccncc3)cc12.O=C(O)C(F)(F)F.O=C(O)C(F)(F)F.O=C(O)C(F)(F)F. The Morgan fingerprint density at radius 2 is 1.28 bits per heavy atom. The van der Waals surface area contributed by atoms with Gasteiger partial charge in [0.1, 0.15) is 12.4 Å². The normalized spacial score (nSPS) is 13.6. The number of nitrogens with zero attached hydrogens (tertiary/aromatic N) is 4. The number of aliphatic carboxylic acids is 3. The van der Waals surface area contributed by atoms with Crippen LogP contribution in [0.5, 0.6) is 11.5 Å². The lowest BCUT2D eigenvalue weighted by atomic mass is 10.0. The van der Waals surface area contributed by atoms with E-state index in [4.69, 9.17) is 49.1 Å². The molecule has 53 heavy (non-hydrogen) atoms. The Balaban J connectivity index is 0.000000379. The number of carboxylic acids is 3. The second-order valence-corrected chi connectivity index (χ2v) is 10.4. The van der Waals surface area contributed by atoms with Crippen molar-refractivity contribution in [1.29, 1.82) is 0 Å². The molecule has 1 aliphatic rings. The van der Waals surface area contributed by atoms with Crippen LogP contribution in [0.25, 0.3) is 22.0 Å². The van der Waals surface area contributed by atoms with Gasteiger partial charge in [-0.2, -0.15) is 39.5 Å². The number of carbonyl (C=O) groups is 3. The number of benzene rings is 2. The van der Waals surface area contributed by atoms with Crippen LogP contribution in [0.15, 0.2) is 67.0 Å². The largest absolute Gasteiger partial charge is 0.490 e. The van der Waals surface area contributed by atoms with Crippen molar-refractivity contribution in [1.82, 2.24) is 19.9 Å². The van der Waals surface area contributed by atoms with E-state index in [2.05, 4.69) is 41.4 Å². The zero-order valence-corrected chi connectivity index (χ0v) is 27.1. The van der Waals surface area contributed by atoms with E-state index in [-0.39, 0.29) is 6.10 Å². The number of likely N-dealkylation sites (N-methyl/N-ethyl adjacent to an activating group) is 1. The topological polar surface area (TPSA) is 184 Å². The molecule has 0 fully saturated rings. The highest BCUT2D eigenvalue weighted by Crippen LogP contribution is 2.36. The molecule has 2 aromatic heterocycles. The molecule has 4 N–H and O–H groups in total. The summed E-state index contributed by atoms with van der Waals surface area (Å²) in [7, 11) is 4.11. The van der Waals surface area contributed by atoms with Crippen LogP contribution in [0, 0.1) is 0 Å². The number of hydrogen-bond acceptors (Lipinski definition) is 10. The van der Waals surface area contributed by atoms with Crippen molar-refractivity contribution < 1.29 is 78.7 Å². The van der Waals surface area contributed by atoms with Gasteiger partial charge >= 0.3 is 36.4 Å². The van der Waals surface area contributed by atoms with Crippen LogP contribution in [0.2, 0.25) is 0 Å². The molecule has 0 radical (unpaired) electrons. The Hall–Kier alpha value is -5.93. The van der Waals surface area contributed by atoms with Gasteiger partial charge in [0.25, 0.3) is 0 Å². The fourth-order valence-electron chi connectivity index (χ4n) is 3.69. The Kier molecular flexibility index (Phi) is 15.1. The molecule has 3 heterocycles. The molecule has 0 bridgehead atoms. The molecule has 0 amide bonds. The Labute approximate surface area is 292 Å². The highest BCUT2D eigenvalue weighted by molar-refractivity contribution is 5.92. The highest BCUT2D eigenvalue weighted by Gasteiger charge is 2.39. The number of hydrogen-bond donors (Lipinski definition) is 4. The molecule has 4 aromatic rings. The summed E-state index contributed by atoms with van der Waals surface area (Å²) in [5.41, 5.74) is 3.06. The standard InChI is InChI=1S/C25H25N5O2.3C2HF3O2/c1-30(2)14-13-27-24-19-15-18(17-9-11-26-12-10-17)7-8-20(19)28-25(29-24)23-16-31-21-5-3-4-6-22(21)32-23;3*3-2(4,5)1(6)7/h3-12,15,23H,13-14,16H2,1-2H3,(H,27,28,29);3*(H,6,7). The second kappa shape index (κ2) is 18.5. The van der Waals surface area contributed by atoms with Crippen LogP contribution in [-0.4, -0.2) is 105 Å². The summed E-state index contributed by atoms with van der Waals surface area (Å²) in [6.07, 6.45) is -12.0. The number of halogens is 9. The van der Waals surface area contributed by atoms with Crippen molar-refractivity contribution in [2.24, 2.45) is 0 Å². The van der Waals surface area contributed by atoms with Crippen LogP contribution in [0.1, 0.15) is 11.9 Å². The molecule has 2 aromatic carbocycles. The summed E-state index contributed by atoms with van der Waals surface area (Å²) in [4.78, 5) is 42.6. The third-order valence-electron chi connectivity index (χ3n) is 6.10. The summed E-state index contributed by atoms with van der Waals surface area (Å²) in [6, 6.07) is 17.9. The van der Waals surface area contributed by atoms with Crippen molar-refractivity contribution in [2.45, 2.75) is 24.6 Å². The number of nitrogens with one attached hydrogen (secondary N) is 1. The van der Waals surface area contributed by atoms with Crippen molar-refractivity contribution in [2.75, 3.05) is 39.1 Å². The van der Waals surface area contributed by atoms with Gasteiger partial charge < -0.3 is 35.0 Å². The average Bonchev–Trinajstić information content (AvgIpc) is 3.07. The van der Waals surface area contributed by atoms with Gasteiger partial charge in [-0.25, -0.2) is 24.4 Å². The predicted octanol–water partition coefficient (Wildman–Crippen LogP) is 6.08. The molecule has 0 aliphatic carbocycles. The molecule has 0 saturated carbocycles. The molecule has 0 saturated heterocycles. The molecule has 1 unspecified atom stereocenters. The minimum absolute atomic E-state index is 0.370. The maximum atomic E-state index is 10.6. The number of rotatable bonds is 6. The highest BCUT2D eigenvalue weighted by atomic mass is 19.4. The lowest BCUT2D eigenvalue weighted by Crippen LogP contribution is -2.25. The van der Waals surface area contributed by atoms with E-state index in [1.807, 2.05) is 42.5 Å². The first-order valence-electron chi connectivity index (χ1n) is 14.4. The van der Waals surface area contributed by atoms with E-state index in [0.29, 0.717) is 18.2 Å². The van der Waals surface area contributed by atoms with E-state index in [1.54, 1.807) is 12.4 Å². The second-order valence-electron chi connectivity index (χ2n) is 10.4. The van der Waals surface area contributed by atoms with Crippen LogP contribution < -0.4 is 14.8 Å². The summed E-state index contributed by atoms with van der Waals surface area (Å²) in [5.74, 6) is -5.41. The molecule has 13 nitrogen and oxygen atoms in total. The van der Waals surface area contributed by atoms with Crippen LogP contribution >= 0.6 is 0 Å². The zero-order chi connectivity index (χ0) is 40.1. The maximum absolute atomic E-state index is 10.6. The lowest BCUT2D eigenvalue weighted by Gasteiger charge is -2.26. The summed E-state index contributed by atoms with van der Waals surface area (Å²) < 4.78 is 107. The first kappa shape index (κ1) is 43.2. The van der Waals surface area contributed by atoms with Crippen molar-refractivity contribution in [3.8, 4) is 22.6 Å². The van der Waals surface area contributed by atoms with Crippen LogP contribution in [-0.2, 0) is 14.4 Å². The van der Waals surface area contributed by atoms with Gasteiger partial charge in [0.2, 0.25) is 0 Å². The average molecular weight is 770 g/mol. The maximum Gasteiger partial charge on any atom is 0.490 e. The first-order valence-corrected chi connectivity index (χ1v) is 14.4. The van der Waals surface area contributed by atoms with Crippen molar-refractivity contribution >= 4 is 34.6 Å². The van der Waals surface area contributed by atoms with Gasteiger partial charge in [-0.05, 0) is 61.6 Å². The van der Waals surface area contributed by atoms with E-state index in [1.165, 1.54) is 0 Å². The quantitative estimate of drug-likeness (QED) is 0.166. The number of fused-ring (bicyclic) bond motifs is 2. The number of pyridine rings is 1. The number of anilines is 1. The van der Waals surface area contributed by atoms with Gasteiger partial charge in [0.15, 0.2) is 23.4 Å². The molecular weight excluding hydrogens is 741 g/mol. The molecule has 1 aliphatic heterocycles. The third-order valence-corrected chi connectivity index (χ3v) is 6.10. The van der Waals surface area contributed by atoms with Gasteiger partial charge in [-0.15, -0.1) is 0 Å². The van der Waals surface area contributed by atoms with Gasteiger partial charge in [0.05, 0.1) is 5.52 Å². The van der Waals surface area contributed by atoms with Gasteiger partial charge in [0, 0.05) is 30.9 Å². The molecule has 5 rings (SSSR count). The summed E-state index contributed by atoms with van der Waals surface area (Å²) >= 11 is 0. The smallest absolute Gasteiger partial charge is 0.485 e. The number of ether oxygens (including phenoxy) is 2. The van der Waals surface area contributed by atoms with E-state index in [0.717, 1.165) is 46.7 Å². The Bertz CT molecular complexity index is 1780. The third kappa shape index (κ3) is 14.3. The molecular formula is C31H28F9N5O8. The summed E-state index contributed by atoms with van der Waals surface area (Å²) in [6.45, 7) is 2.03. The predicted molar refractivity (Wildman–Crippen MR) is 166 cm³/mol. The summed E-state index contributed by atoms with van der Waals surface area (Å²) in [5, 5.41) is 25.8. The van der Waals surface area contributed by atoms with E-state index in [9.17, 15) is 39.5 Å². The molecule has 22 heteroatoms. The van der Waals surface area contributed by atoms with Crippen molar-refractivity contribution in [3.05, 3.63) is 72.8 Å². The monoisotopic (exact) mass is 769 g/mol. The fourth-order valence-corrected chi connectivity index (χ4v) is 3.69. The van der Waals surface area contributed by atoms with E-state index >= 15 is 0 Å². The molecule has 0 spiro atoms. The van der Waals surface area contributed by atoms with E-state index < -0.39 is 36.4 Å². The van der Waals surface area contributed by atoms with Gasteiger partial charge in [-0.1, -0.05) is 18.2 Å². The van der Waals surface area contributed by atoms with Crippen LogP contribution in [0.4, 0.5) is 45.3 Å². The van der Waals surface area contributed by atoms with Crippen LogP contribution in [0.3, 0.4) is 0 Å². The number of alkyl halides is 9. The minimum Gasteiger partial charge on any atom is -0.485 e. The minimum atomic E-state index is -5.08. The molecule has 1 atom stereocenters. The Morgan fingerprint density at radius 1 is 0.774 bits per heavy atom. The number of carboxylic acid groups (broad SMARTS) is 3. The zero-order valence-electron chi connectivity index (χ0n) is 27.1.